The average molecular weight is 277 g/mol. The number of phenolic OH excluding ortho intramolecular Hbond substituents is 1. The second kappa shape index (κ2) is 5.11. The van der Waals surface area contributed by atoms with Crippen LogP contribution in [-0.4, -0.2) is 22.1 Å². The molecule has 0 bridgehead atoms. The smallest absolute Gasteiger partial charge is 0.335 e. The highest BCUT2D eigenvalue weighted by molar-refractivity contribution is 7.14. The fraction of sp³-hybridized carbons (Fsp3) is 0.0769. The van der Waals surface area contributed by atoms with Crippen molar-refractivity contribution in [1.29, 1.82) is 0 Å². The van der Waals surface area contributed by atoms with Crippen LogP contribution in [0.5, 0.6) is 5.75 Å². The van der Waals surface area contributed by atoms with E-state index in [1.165, 1.54) is 23.5 Å². The Morgan fingerprint density at radius 1 is 1.21 bits per heavy atom. The molecule has 1 heterocycles. The molecule has 3 N–H and O–H groups in total. The van der Waals surface area contributed by atoms with Crippen LogP contribution in [0, 0.1) is 6.92 Å². The number of aryl methyl sites for hydroxylation is 1. The minimum absolute atomic E-state index is 0.0394. The number of benzene rings is 1. The van der Waals surface area contributed by atoms with Crippen LogP contribution in [0.1, 0.15) is 24.9 Å². The Morgan fingerprint density at radius 3 is 2.47 bits per heavy atom. The second-order valence-corrected chi connectivity index (χ2v) is 5.19. The van der Waals surface area contributed by atoms with Gasteiger partial charge in [0, 0.05) is 4.88 Å². The number of aromatic hydroxyl groups is 1. The number of amides is 1. The first-order valence-electron chi connectivity index (χ1n) is 5.41. The molecular formula is C13H11NO4S. The Kier molecular flexibility index (Phi) is 3.52. The summed E-state index contributed by atoms with van der Waals surface area (Å²) in [6.45, 7) is 1.89. The number of carbonyl (C=O) groups is 2. The van der Waals surface area contributed by atoms with Crippen LogP contribution in [0.25, 0.3) is 0 Å². The van der Waals surface area contributed by atoms with Gasteiger partial charge in [0.25, 0.3) is 5.91 Å². The summed E-state index contributed by atoms with van der Waals surface area (Å²) in [5.74, 6) is -1.75. The van der Waals surface area contributed by atoms with Crippen LogP contribution in [0.15, 0.2) is 30.3 Å². The molecule has 0 spiro atoms. The molecule has 2 rings (SSSR count). The molecule has 5 nitrogen and oxygen atoms in total. The molecule has 0 aliphatic carbocycles. The van der Waals surface area contributed by atoms with E-state index >= 15 is 0 Å². The van der Waals surface area contributed by atoms with E-state index in [9.17, 15) is 14.7 Å². The highest BCUT2D eigenvalue weighted by atomic mass is 32.1. The highest BCUT2D eigenvalue weighted by Crippen LogP contribution is 2.25. The first-order chi connectivity index (χ1) is 8.97. The molecule has 0 saturated carbocycles. The molecule has 0 aliphatic heterocycles. The van der Waals surface area contributed by atoms with Crippen molar-refractivity contribution in [2.75, 3.05) is 5.32 Å². The standard InChI is InChI=1S/C13H11NO4S/c1-7-2-5-11(19-7)12(16)14-9-4-3-8(13(17)18)6-10(9)15/h2-6,15H,1H3,(H,14,16)(H,17,18). The van der Waals surface area contributed by atoms with Crippen molar-refractivity contribution in [3.05, 3.63) is 45.6 Å². The van der Waals surface area contributed by atoms with Gasteiger partial charge in [-0.3, -0.25) is 4.79 Å². The zero-order chi connectivity index (χ0) is 14.0. The maximum absolute atomic E-state index is 11.9. The van der Waals surface area contributed by atoms with Crippen LogP contribution in [0.2, 0.25) is 0 Å². The third kappa shape index (κ3) is 2.92. The van der Waals surface area contributed by atoms with E-state index < -0.39 is 5.97 Å². The number of rotatable bonds is 3. The predicted octanol–water partition coefficient (Wildman–Crippen LogP) is 2.71. The zero-order valence-electron chi connectivity index (χ0n) is 10.0. The van der Waals surface area contributed by atoms with Gasteiger partial charge >= 0.3 is 5.97 Å². The lowest BCUT2D eigenvalue weighted by atomic mass is 10.2. The normalized spacial score (nSPS) is 10.2. The molecule has 6 heteroatoms. The SMILES string of the molecule is Cc1ccc(C(=O)Nc2ccc(C(=O)O)cc2O)s1. The lowest BCUT2D eigenvalue weighted by Gasteiger charge is -2.06. The first-order valence-corrected chi connectivity index (χ1v) is 6.23. The van der Waals surface area contributed by atoms with Crippen molar-refractivity contribution in [2.24, 2.45) is 0 Å². The summed E-state index contributed by atoms with van der Waals surface area (Å²) < 4.78 is 0. The topological polar surface area (TPSA) is 86.6 Å². The van der Waals surface area contributed by atoms with Gasteiger partial charge in [0.15, 0.2) is 0 Å². The maximum Gasteiger partial charge on any atom is 0.335 e. The number of phenols is 1. The zero-order valence-corrected chi connectivity index (χ0v) is 10.8. The largest absolute Gasteiger partial charge is 0.506 e. The van der Waals surface area contributed by atoms with Crippen LogP contribution < -0.4 is 5.32 Å². The number of hydrogen-bond acceptors (Lipinski definition) is 4. The quantitative estimate of drug-likeness (QED) is 0.753. The average Bonchev–Trinajstić information content (AvgIpc) is 2.78. The fourth-order valence-electron chi connectivity index (χ4n) is 1.51. The molecule has 19 heavy (non-hydrogen) atoms. The minimum atomic E-state index is -1.14. The molecule has 98 valence electrons. The summed E-state index contributed by atoms with van der Waals surface area (Å²) in [5.41, 5.74) is 0.142. The minimum Gasteiger partial charge on any atom is -0.506 e. The maximum atomic E-state index is 11.9. The molecule has 0 atom stereocenters. The molecule has 1 aromatic carbocycles. The summed E-state index contributed by atoms with van der Waals surface area (Å²) in [6.07, 6.45) is 0. The number of carboxylic acids is 1. The lowest BCUT2D eigenvalue weighted by Crippen LogP contribution is -2.10. The van der Waals surface area contributed by atoms with Crippen LogP contribution >= 0.6 is 11.3 Å². The number of anilines is 1. The number of carboxylic acid groups (broad SMARTS) is 1. The van der Waals surface area contributed by atoms with Crippen molar-refractivity contribution in [1.82, 2.24) is 0 Å². The highest BCUT2D eigenvalue weighted by Gasteiger charge is 2.12. The molecule has 2 aromatic rings. The molecule has 0 saturated heterocycles. The Hall–Kier alpha value is -2.34. The number of nitrogens with one attached hydrogen (secondary N) is 1. The van der Waals surface area contributed by atoms with E-state index in [4.69, 9.17) is 5.11 Å². The second-order valence-electron chi connectivity index (χ2n) is 3.90. The first kappa shape index (κ1) is 13.1. The molecule has 0 aliphatic rings. The number of hydrogen-bond donors (Lipinski definition) is 3. The summed E-state index contributed by atoms with van der Waals surface area (Å²) >= 11 is 1.34. The Bertz CT molecular complexity index is 648. The van der Waals surface area contributed by atoms with Gasteiger partial charge in [0.2, 0.25) is 0 Å². The van der Waals surface area contributed by atoms with Gasteiger partial charge in [0.05, 0.1) is 16.1 Å². The fourth-order valence-corrected chi connectivity index (χ4v) is 2.27. The summed E-state index contributed by atoms with van der Waals surface area (Å²) in [7, 11) is 0. The van der Waals surface area contributed by atoms with E-state index in [2.05, 4.69) is 5.32 Å². The molecule has 1 aromatic heterocycles. The van der Waals surface area contributed by atoms with E-state index in [0.717, 1.165) is 10.9 Å². The third-order valence-electron chi connectivity index (χ3n) is 2.46. The Balaban J connectivity index is 2.20. The Morgan fingerprint density at radius 2 is 1.95 bits per heavy atom. The van der Waals surface area contributed by atoms with Crippen molar-refractivity contribution in [3.8, 4) is 5.75 Å². The predicted molar refractivity (Wildman–Crippen MR) is 72.1 cm³/mol. The molecule has 0 fully saturated rings. The van der Waals surface area contributed by atoms with Gasteiger partial charge in [-0.25, -0.2) is 4.79 Å². The number of carbonyl (C=O) groups excluding carboxylic acids is 1. The molecular weight excluding hydrogens is 266 g/mol. The summed E-state index contributed by atoms with van der Waals surface area (Å²) in [5, 5.41) is 21.0. The molecule has 0 unspecified atom stereocenters. The van der Waals surface area contributed by atoms with Gasteiger partial charge in [-0.2, -0.15) is 0 Å². The van der Waals surface area contributed by atoms with Crippen molar-refractivity contribution in [3.63, 3.8) is 0 Å². The summed E-state index contributed by atoms with van der Waals surface area (Å²) in [4.78, 5) is 24.1. The monoisotopic (exact) mass is 277 g/mol. The van der Waals surface area contributed by atoms with Gasteiger partial charge in [-0.05, 0) is 37.3 Å². The van der Waals surface area contributed by atoms with Crippen LogP contribution in [0.3, 0.4) is 0 Å². The van der Waals surface area contributed by atoms with Crippen LogP contribution in [0.4, 0.5) is 5.69 Å². The van der Waals surface area contributed by atoms with Crippen LogP contribution in [-0.2, 0) is 0 Å². The van der Waals surface area contributed by atoms with Gasteiger partial charge in [-0.15, -0.1) is 11.3 Å². The molecule has 1 amide bonds. The van der Waals surface area contributed by atoms with E-state index in [0.29, 0.717) is 4.88 Å². The number of aromatic carboxylic acids is 1. The Labute approximate surface area is 113 Å². The van der Waals surface area contributed by atoms with Crippen molar-refractivity contribution >= 4 is 28.9 Å². The summed E-state index contributed by atoms with van der Waals surface area (Å²) in [6, 6.07) is 7.29. The molecule has 0 radical (unpaired) electrons. The van der Waals surface area contributed by atoms with Crippen molar-refractivity contribution < 1.29 is 19.8 Å². The van der Waals surface area contributed by atoms with E-state index in [-0.39, 0.29) is 22.9 Å². The lowest BCUT2D eigenvalue weighted by molar-refractivity contribution is 0.0696. The third-order valence-corrected chi connectivity index (χ3v) is 3.46. The van der Waals surface area contributed by atoms with E-state index in [1.54, 1.807) is 6.07 Å². The van der Waals surface area contributed by atoms with Gasteiger partial charge in [0.1, 0.15) is 5.75 Å². The van der Waals surface area contributed by atoms with E-state index in [1.807, 2.05) is 13.0 Å². The van der Waals surface area contributed by atoms with Gasteiger partial charge < -0.3 is 15.5 Å². The van der Waals surface area contributed by atoms with Crippen molar-refractivity contribution in [2.45, 2.75) is 6.92 Å². The van der Waals surface area contributed by atoms with Gasteiger partial charge in [-0.1, -0.05) is 0 Å². The number of thiophene rings is 1.